The molecule has 0 fully saturated rings. The van der Waals surface area contributed by atoms with E-state index in [1.54, 1.807) is 30.3 Å². The Hall–Kier alpha value is -2.07. The molecule has 0 saturated heterocycles. The second-order valence-electron chi connectivity index (χ2n) is 4.25. The third-order valence-electron chi connectivity index (χ3n) is 2.67. The molecule has 0 bridgehead atoms. The van der Waals surface area contributed by atoms with Crippen LogP contribution in [0.3, 0.4) is 0 Å². The quantitative estimate of drug-likeness (QED) is 0.915. The van der Waals surface area contributed by atoms with Gasteiger partial charge in [0, 0.05) is 6.07 Å². The van der Waals surface area contributed by atoms with E-state index < -0.39 is 11.8 Å². The molecule has 0 saturated carbocycles. The Balaban J connectivity index is 1.96. The minimum Gasteiger partial charge on any atom is -0.489 e. The van der Waals surface area contributed by atoms with Crippen LogP contribution in [-0.4, -0.2) is 11.1 Å². The van der Waals surface area contributed by atoms with E-state index in [9.17, 15) is 9.18 Å². The van der Waals surface area contributed by atoms with Crippen molar-refractivity contribution in [3.05, 3.63) is 64.4 Å². The lowest BCUT2D eigenvalue weighted by Gasteiger charge is -2.07. The summed E-state index contributed by atoms with van der Waals surface area (Å²) in [6.07, 6.45) is -0.0104. The van der Waals surface area contributed by atoms with Crippen LogP contribution < -0.4 is 4.74 Å². The predicted octanol–water partition coefficient (Wildman–Crippen LogP) is 3.69. The third-order valence-corrected chi connectivity index (χ3v) is 2.98. The van der Waals surface area contributed by atoms with Crippen LogP contribution in [0.5, 0.6) is 5.75 Å². The summed E-state index contributed by atoms with van der Waals surface area (Å²) in [7, 11) is 0. The zero-order valence-corrected chi connectivity index (χ0v) is 11.2. The summed E-state index contributed by atoms with van der Waals surface area (Å²) in [5, 5.41) is 8.72. The molecule has 0 aliphatic carbocycles. The standard InChI is InChI=1S/C15H12ClFO3/c16-13-6-5-12(8-14(13)17)20-9-11-3-1-10(2-4-11)7-15(18)19/h1-6,8H,7,9H2,(H,18,19). The van der Waals surface area contributed by atoms with Crippen molar-refractivity contribution in [2.45, 2.75) is 13.0 Å². The van der Waals surface area contributed by atoms with Gasteiger partial charge >= 0.3 is 5.97 Å². The molecular formula is C15H12ClFO3. The lowest BCUT2D eigenvalue weighted by Crippen LogP contribution is -2.01. The Morgan fingerprint density at radius 3 is 2.40 bits per heavy atom. The van der Waals surface area contributed by atoms with E-state index in [1.165, 1.54) is 12.1 Å². The molecule has 0 amide bonds. The number of ether oxygens (including phenoxy) is 1. The molecule has 0 aliphatic rings. The van der Waals surface area contributed by atoms with Gasteiger partial charge in [-0.05, 0) is 23.3 Å². The Labute approximate surface area is 120 Å². The van der Waals surface area contributed by atoms with Crippen LogP contribution in [0, 0.1) is 5.82 Å². The van der Waals surface area contributed by atoms with Crippen molar-refractivity contribution >= 4 is 17.6 Å². The van der Waals surface area contributed by atoms with Crippen molar-refractivity contribution in [3.8, 4) is 5.75 Å². The molecule has 0 atom stereocenters. The Morgan fingerprint density at radius 2 is 1.80 bits per heavy atom. The average molecular weight is 295 g/mol. The summed E-state index contributed by atoms with van der Waals surface area (Å²) in [5.74, 6) is -1.01. The smallest absolute Gasteiger partial charge is 0.307 e. The fraction of sp³-hybridized carbons (Fsp3) is 0.133. The number of halogens is 2. The van der Waals surface area contributed by atoms with E-state index >= 15 is 0 Å². The lowest BCUT2D eigenvalue weighted by atomic mass is 10.1. The van der Waals surface area contributed by atoms with Crippen LogP contribution in [0.15, 0.2) is 42.5 Å². The summed E-state index contributed by atoms with van der Waals surface area (Å²) < 4.78 is 18.6. The van der Waals surface area contributed by atoms with Crippen molar-refractivity contribution in [2.24, 2.45) is 0 Å². The highest BCUT2D eigenvalue weighted by Gasteiger charge is 2.03. The maximum absolute atomic E-state index is 13.2. The largest absolute Gasteiger partial charge is 0.489 e. The molecule has 0 radical (unpaired) electrons. The molecule has 0 heterocycles. The van der Waals surface area contributed by atoms with Crippen LogP contribution in [0.25, 0.3) is 0 Å². The normalized spacial score (nSPS) is 10.3. The Morgan fingerprint density at radius 1 is 1.15 bits per heavy atom. The molecule has 0 aliphatic heterocycles. The van der Waals surface area contributed by atoms with Gasteiger partial charge in [0.25, 0.3) is 0 Å². The van der Waals surface area contributed by atoms with Gasteiger partial charge < -0.3 is 9.84 Å². The fourth-order valence-electron chi connectivity index (χ4n) is 1.66. The number of carboxylic acid groups (broad SMARTS) is 1. The number of hydrogen-bond donors (Lipinski definition) is 1. The molecule has 0 aromatic heterocycles. The minimum absolute atomic E-state index is 0.0104. The summed E-state index contributed by atoms with van der Waals surface area (Å²) in [6, 6.07) is 11.3. The Kier molecular flexibility index (Phi) is 4.58. The first-order chi connectivity index (χ1) is 9.54. The summed E-state index contributed by atoms with van der Waals surface area (Å²) in [5.41, 5.74) is 1.59. The summed E-state index contributed by atoms with van der Waals surface area (Å²) in [6.45, 7) is 0.272. The first-order valence-electron chi connectivity index (χ1n) is 5.92. The van der Waals surface area contributed by atoms with E-state index in [2.05, 4.69) is 0 Å². The molecule has 0 spiro atoms. The average Bonchev–Trinajstić information content (AvgIpc) is 2.41. The molecule has 1 N–H and O–H groups in total. The molecule has 5 heteroatoms. The van der Waals surface area contributed by atoms with Gasteiger partial charge in [-0.3, -0.25) is 4.79 Å². The second kappa shape index (κ2) is 6.39. The van der Waals surface area contributed by atoms with Crippen LogP contribution in [0.4, 0.5) is 4.39 Å². The minimum atomic E-state index is -0.870. The van der Waals surface area contributed by atoms with E-state index in [0.29, 0.717) is 5.75 Å². The van der Waals surface area contributed by atoms with Gasteiger partial charge in [-0.15, -0.1) is 0 Å². The molecule has 2 rings (SSSR count). The SMILES string of the molecule is O=C(O)Cc1ccc(COc2ccc(Cl)c(F)c2)cc1. The van der Waals surface area contributed by atoms with Gasteiger partial charge in [-0.2, -0.15) is 0 Å². The molecule has 3 nitrogen and oxygen atoms in total. The second-order valence-corrected chi connectivity index (χ2v) is 4.66. The monoisotopic (exact) mass is 294 g/mol. The maximum Gasteiger partial charge on any atom is 0.307 e. The summed E-state index contributed by atoms with van der Waals surface area (Å²) in [4.78, 5) is 10.6. The molecule has 2 aromatic carbocycles. The van der Waals surface area contributed by atoms with Crippen molar-refractivity contribution in [2.75, 3.05) is 0 Å². The number of carbonyl (C=O) groups is 1. The highest BCUT2D eigenvalue weighted by atomic mass is 35.5. The molecular weight excluding hydrogens is 283 g/mol. The third kappa shape index (κ3) is 3.96. The van der Waals surface area contributed by atoms with Crippen LogP contribution in [-0.2, 0) is 17.8 Å². The van der Waals surface area contributed by atoms with Crippen LogP contribution in [0.2, 0.25) is 5.02 Å². The highest BCUT2D eigenvalue weighted by molar-refractivity contribution is 6.30. The topological polar surface area (TPSA) is 46.5 Å². The van der Waals surface area contributed by atoms with E-state index in [1.807, 2.05) is 0 Å². The lowest BCUT2D eigenvalue weighted by molar-refractivity contribution is -0.136. The number of benzene rings is 2. The van der Waals surface area contributed by atoms with Crippen molar-refractivity contribution < 1.29 is 19.0 Å². The first-order valence-corrected chi connectivity index (χ1v) is 6.30. The highest BCUT2D eigenvalue weighted by Crippen LogP contribution is 2.21. The predicted molar refractivity (Wildman–Crippen MR) is 73.5 cm³/mol. The van der Waals surface area contributed by atoms with Gasteiger partial charge in [0.05, 0.1) is 11.4 Å². The molecule has 0 unspecified atom stereocenters. The molecule has 104 valence electrons. The first kappa shape index (κ1) is 14.3. The van der Waals surface area contributed by atoms with Crippen molar-refractivity contribution in [1.82, 2.24) is 0 Å². The van der Waals surface area contributed by atoms with Crippen molar-refractivity contribution in [3.63, 3.8) is 0 Å². The van der Waals surface area contributed by atoms with Gasteiger partial charge in [-0.1, -0.05) is 35.9 Å². The van der Waals surface area contributed by atoms with Gasteiger partial charge in [0.1, 0.15) is 18.2 Å². The van der Waals surface area contributed by atoms with Crippen molar-refractivity contribution in [1.29, 1.82) is 0 Å². The van der Waals surface area contributed by atoms with E-state index in [4.69, 9.17) is 21.4 Å². The van der Waals surface area contributed by atoms with Gasteiger partial charge in [0.15, 0.2) is 0 Å². The number of aliphatic carboxylic acids is 1. The zero-order valence-electron chi connectivity index (χ0n) is 10.5. The molecule has 20 heavy (non-hydrogen) atoms. The van der Waals surface area contributed by atoms with E-state index in [0.717, 1.165) is 11.1 Å². The Bertz CT molecular complexity index is 611. The fourth-order valence-corrected chi connectivity index (χ4v) is 1.78. The number of rotatable bonds is 5. The van der Waals surface area contributed by atoms with Gasteiger partial charge in [-0.25, -0.2) is 4.39 Å². The summed E-state index contributed by atoms with van der Waals surface area (Å²) >= 11 is 5.58. The number of hydrogen-bond acceptors (Lipinski definition) is 2. The molecule has 2 aromatic rings. The zero-order chi connectivity index (χ0) is 14.5. The number of carboxylic acids is 1. The van der Waals surface area contributed by atoms with Gasteiger partial charge in [0.2, 0.25) is 0 Å². The van der Waals surface area contributed by atoms with E-state index in [-0.39, 0.29) is 18.1 Å². The van der Waals surface area contributed by atoms with Crippen LogP contribution in [0.1, 0.15) is 11.1 Å². The van der Waals surface area contributed by atoms with Crippen LogP contribution >= 0.6 is 11.6 Å². The maximum atomic E-state index is 13.2.